The summed E-state index contributed by atoms with van der Waals surface area (Å²) >= 11 is 8.77. The van der Waals surface area contributed by atoms with Gasteiger partial charge in [-0.1, -0.05) is 86.5 Å². The monoisotopic (exact) mass is 989 g/mol. The van der Waals surface area contributed by atoms with Crippen LogP contribution in [0.4, 0.5) is 24.5 Å². The Labute approximate surface area is 415 Å². The molecule has 3 aliphatic rings. The minimum Gasteiger partial charge on any atom is -0.398 e. The zero-order chi connectivity index (χ0) is 47.5. The maximum Gasteiger partial charge on any atom is 0.446 e. The van der Waals surface area contributed by atoms with E-state index in [9.17, 15) is 18.0 Å². The summed E-state index contributed by atoms with van der Waals surface area (Å²) in [5.41, 5.74) is 7.27. The summed E-state index contributed by atoms with van der Waals surface area (Å²) in [7, 11) is 0. The van der Waals surface area contributed by atoms with Gasteiger partial charge in [0, 0.05) is 49.7 Å². The molecule has 6 nitrogen and oxygen atoms in total. The quantitative estimate of drug-likeness (QED) is 0.0440. The van der Waals surface area contributed by atoms with E-state index in [4.69, 9.17) is 17.3 Å². The lowest BCUT2D eigenvalue weighted by Crippen LogP contribution is -2.45. The van der Waals surface area contributed by atoms with Crippen molar-refractivity contribution < 1.29 is 18.0 Å². The highest BCUT2D eigenvalue weighted by Gasteiger charge is 2.35. The number of piperidine rings is 3. The van der Waals surface area contributed by atoms with E-state index in [1.807, 2.05) is 36.0 Å². The molecule has 13 heteroatoms. The molecule has 4 N–H and O–H groups in total. The molecule has 0 aliphatic carbocycles. The van der Waals surface area contributed by atoms with E-state index in [-0.39, 0.29) is 28.3 Å². The Morgan fingerprint density at radius 1 is 0.806 bits per heavy atom. The first-order valence-corrected chi connectivity index (χ1v) is 26.8. The number of alkyl halides is 3. The topological polar surface area (TPSA) is 73.6 Å². The number of hydrogen-bond donors (Lipinski definition) is 3. The van der Waals surface area contributed by atoms with Crippen LogP contribution in [0.15, 0.2) is 136 Å². The normalized spacial score (nSPS) is 16.4. The minimum absolute atomic E-state index is 0.0374. The van der Waals surface area contributed by atoms with Gasteiger partial charge >= 0.3 is 5.51 Å². The fraction of sp³-hybridized carbons (Fsp3) is 0.426. The Morgan fingerprint density at radius 2 is 1.46 bits per heavy atom. The molecule has 0 radical (unpaired) electrons. The van der Waals surface area contributed by atoms with Crippen LogP contribution < -0.4 is 20.7 Å². The summed E-state index contributed by atoms with van der Waals surface area (Å²) in [5.74, 6) is 1.51. The van der Waals surface area contributed by atoms with Crippen molar-refractivity contribution in [3.63, 3.8) is 0 Å². The number of halogens is 4. The lowest BCUT2D eigenvalue weighted by Gasteiger charge is -2.44. The molecule has 5 aromatic carbocycles. The molecule has 0 atom stereocenters. The van der Waals surface area contributed by atoms with E-state index in [0.717, 1.165) is 55.0 Å². The minimum atomic E-state index is -4.44. The smallest absolute Gasteiger partial charge is 0.398 e. The van der Waals surface area contributed by atoms with Crippen LogP contribution in [0.1, 0.15) is 87.6 Å². The van der Waals surface area contributed by atoms with E-state index < -0.39 is 5.51 Å². The second kappa shape index (κ2) is 26.8. The molecule has 3 heterocycles. The molecule has 0 aromatic heterocycles. The fourth-order valence-corrected chi connectivity index (χ4v) is 11.3. The average molecular weight is 991 g/mol. The molecule has 1 spiro atoms. The summed E-state index contributed by atoms with van der Waals surface area (Å²) in [4.78, 5) is 19.5. The van der Waals surface area contributed by atoms with Crippen LogP contribution >= 0.6 is 47.1 Å². The number of rotatable bonds is 14. The largest absolute Gasteiger partial charge is 0.446 e. The van der Waals surface area contributed by atoms with Crippen molar-refractivity contribution in [1.82, 2.24) is 14.9 Å². The third-order valence-corrected chi connectivity index (χ3v) is 15.7. The van der Waals surface area contributed by atoms with Crippen LogP contribution in [0.3, 0.4) is 0 Å². The van der Waals surface area contributed by atoms with Crippen molar-refractivity contribution in [3.05, 3.63) is 137 Å². The van der Waals surface area contributed by atoms with E-state index in [1.165, 1.54) is 117 Å². The van der Waals surface area contributed by atoms with Crippen LogP contribution in [0.25, 0.3) is 11.1 Å². The summed E-state index contributed by atoms with van der Waals surface area (Å²) < 4.78 is 41.0. The Kier molecular flexibility index (Phi) is 21.1. The molecule has 3 fully saturated rings. The molecule has 8 rings (SSSR count). The average Bonchev–Trinajstić information content (AvgIpc) is 3.34. The number of benzene rings is 5. The predicted molar refractivity (Wildman–Crippen MR) is 281 cm³/mol. The first-order chi connectivity index (χ1) is 32.4. The highest BCUT2D eigenvalue weighted by atomic mass is 35.5. The van der Waals surface area contributed by atoms with Gasteiger partial charge in [-0.05, 0) is 215 Å². The number of anilines is 2. The Bertz CT molecular complexity index is 2230. The maximum atomic E-state index is 12.8. The standard InChI is InChI=1S/C32H29ClF3N3OS2.C19H30N2S.C3H8/c33-25-9-5-22(6-10-25)28-4-2-1-3-24(28)19-21-15-17-39(18-16-21)26-11-7-23(8-12-26)31(40)38-42-27-13-14-29(37)30(20-27)41-32(34,35)36;1-2-6-18(7-3-1)22-17-5-4-14-21-15-10-19(11-16-21)8-12-20-13-9-19;1-3-2/h1-14,20-21H,15-19,37H2,(H,38,40);1-3,6-7,20H,4-5,8-17H2;3H2,1-2H3. The van der Waals surface area contributed by atoms with Crippen molar-refractivity contribution in [1.29, 1.82) is 0 Å². The summed E-state index contributed by atoms with van der Waals surface area (Å²) in [6.07, 6.45) is 12.8. The highest BCUT2D eigenvalue weighted by Crippen LogP contribution is 2.41. The first kappa shape index (κ1) is 52.6. The summed E-state index contributed by atoms with van der Waals surface area (Å²) in [5, 5.41) is 4.24. The van der Waals surface area contributed by atoms with Crippen molar-refractivity contribution in [2.45, 2.75) is 98.3 Å². The van der Waals surface area contributed by atoms with E-state index in [2.05, 4.69) is 100 Å². The van der Waals surface area contributed by atoms with Gasteiger partial charge in [0.2, 0.25) is 0 Å². The molecule has 67 heavy (non-hydrogen) atoms. The Morgan fingerprint density at radius 3 is 2.13 bits per heavy atom. The van der Waals surface area contributed by atoms with E-state index >= 15 is 0 Å². The molecule has 5 aromatic rings. The highest BCUT2D eigenvalue weighted by molar-refractivity contribution is 8.00. The lowest BCUT2D eigenvalue weighted by molar-refractivity contribution is -0.0328. The van der Waals surface area contributed by atoms with Gasteiger partial charge in [0.1, 0.15) is 0 Å². The van der Waals surface area contributed by atoms with Gasteiger partial charge in [-0.2, -0.15) is 13.2 Å². The number of nitrogen functional groups attached to an aromatic ring is 1. The molecular formula is C54H67ClF3N5OS3. The second-order valence-corrected chi connectivity index (χ2v) is 21.4. The van der Waals surface area contributed by atoms with E-state index in [1.54, 1.807) is 18.2 Å². The lowest BCUT2D eigenvalue weighted by atomic mass is 9.71. The third-order valence-electron chi connectivity index (χ3n) is 12.7. The molecule has 0 bridgehead atoms. The number of carbonyl (C=O) groups is 1. The van der Waals surface area contributed by atoms with Gasteiger partial charge in [-0.15, -0.1) is 11.8 Å². The number of thioether (sulfide) groups is 2. The third kappa shape index (κ3) is 17.3. The Balaban J connectivity index is 0.000000247. The summed E-state index contributed by atoms with van der Waals surface area (Å²) in [6.45, 7) is 12.6. The molecule has 0 unspecified atom stereocenters. The van der Waals surface area contributed by atoms with Gasteiger partial charge < -0.3 is 20.9 Å². The zero-order valence-corrected chi connectivity index (χ0v) is 42.2. The molecule has 1 amide bonds. The molecule has 3 saturated heterocycles. The van der Waals surface area contributed by atoms with Gasteiger partial charge in [-0.25, -0.2) is 0 Å². The van der Waals surface area contributed by atoms with Crippen molar-refractivity contribution in [3.8, 4) is 11.1 Å². The number of nitrogens with two attached hydrogens (primary N) is 1. The second-order valence-electron chi connectivity index (χ2n) is 17.8. The van der Waals surface area contributed by atoms with Gasteiger partial charge in [0.25, 0.3) is 5.91 Å². The number of hydrogen-bond acceptors (Lipinski definition) is 8. The fourth-order valence-electron chi connectivity index (χ4n) is 8.95. The van der Waals surface area contributed by atoms with Crippen LogP contribution in [-0.2, 0) is 6.42 Å². The molecule has 3 aliphatic heterocycles. The number of nitrogens with one attached hydrogen (secondary N) is 2. The number of amides is 1. The van der Waals surface area contributed by atoms with E-state index in [0.29, 0.717) is 21.8 Å². The van der Waals surface area contributed by atoms with Gasteiger partial charge in [0.15, 0.2) is 0 Å². The van der Waals surface area contributed by atoms with Crippen LogP contribution in [0, 0.1) is 11.3 Å². The molecular weight excluding hydrogens is 923 g/mol. The first-order valence-electron chi connectivity index (χ1n) is 23.8. The van der Waals surface area contributed by atoms with Gasteiger partial charge in [-0.3, -0.25) is 9.52 Å². The van der Waals surface area contributed by atoms with Crippen molar-refractivity contribution in [2.75, 3.05) is 62.2 Å². The van der Waals surface area contributed by atoms with Crippen LogP contribution in [0.5, 0.6) is 0 Å². The van der Waals surface area contributed by atoms with Crippen molar-refractivity contribution >= 4 is 64.4 Å². The number of carbonyl (C=O) groups excluding carboxylic acids is 1. The maximum absolute atomic E-state index is 12.8. The number of unbranched alkanes of at least 4 members (excludes halogenated alkanes) is 1. The number of nitrogens with zero attached hydrogens (tertiary/aromatic N) is 2. The SMILES string of the molecule is CCC.Nc1ccc(SNC(=O)c2ccc(N3CCC(Cc4ccccc4-c4ccc(Cl)cc4)CC3)cc2)cc1SC(F)(F)F.c1ccc(SCCCCN2CCC3(CCNCC3)CC2)cc1. The molecule has 360 valence electrons. The molecule has 0 saturated carbocycles. The van der Waals surface area contributed by atoms with Crippen molar-refractivity contribution in [2.24, 2.45) is 11.3 Å². The summed E-state index contributed by atoms with van der Waals surface area (Å²) in [6, 6.07) is 39.1. The van der Waals surface area contributed by atoms with Crippen LogP contribution in [-0.4, -0.2) is 67.9 Å². The number of likely N-dealkylation sites (tertiary alicyclic amines) is 1. The predicted octanol–water partition coefficient (Wildman–Crippen LogP) is 14.5. The van der Waals surface area contributed by atoms with Gasteiger partial charge in [0.05, 0.1) is 0 Å². The van der Waals surface area contributed by atoms with Crippen LogP contribution in [0.2, 0.25) is 5.02 Å². The Hall–Kier alpha value is -3.78. The zero-order valence-electron chi connectivity index (χ0n) is 39.0.